The highest BCUT2D eigenvalue weighted by molar-refractivity contribution is 7.89. The second-order valence-corrected chi connectivity index (χ2v) is 10.5. The van der Waals surface area contributed by atoms with Gasteiger partial charge in [0.15, 0.2) is 6.61 Å². The lowest BCUT2D eigenvalue weighted by molar-refractivity contribution is 0.0438. The van der Waals surface area contributed by atoms with Gasteiger partial charge in [0.25, 0.3) is 10.0 Å². The summed E-state index contributed by atoms with van der Waals surface area (Å²) in [6.45, 7) is 4.23. The Labute approximate surface area is 194 Å². The normalized spacial score (nSPS) is 16.5. The summed E-state index contributed by atoms with van der Waals surface area (Å²) in [6, 6.07) is 4.19. The monoisotopic (exact) mass is 474 g/mol. The number of esters is 1. The second kappa shape index (κ2) is 9.69. The van der Waals surface area contributed by atoms with Crippen molar-refractivity contribution in [2.45, 2.75) is 76.5 Å². The van der Waals surface area contributed by atoms with Gasteiger partial charge in [0.1, 0.15) is 0 Å². The Morgan fingerprint density at radius 2 is 2.00 bits per heavy atom. The SMILES string of the molecule is Cc1cc(C(=O)COC(=O)c2ccc(S(=O)(=O)NC3CC3)o2)c(C)n1CCC1=CCCCC1. The number of aromatic nitrogens is 1. The lowest BCUT2D eigenvalue weighted by atomic mass is 9.97. The van der Waals surface area contributed by atoms with Crippen molar-refractivity contribution in [2.24, 2.45) is 0 Å². The van der Waals surface area contributed by atoms with E-state index in [1.54, 1.807) is 0 Å². The summed E-state index contributed by atoms with van der Waals surface area (Å²) in [6.07, 6.45) is 9.67. The van der Waals surface area contributed by atoms with E-state index in [4.69, 9.17) is 9.15 Å². The number of carbonyl (C=O) groups excluding carboxylic acids is 2. The summed E-state index contributed by atoms with van der Waals surface area (Å²) < 4.78 is 39.2. The first kappa shape index (κ1) is 23.5. The van der Waals surface area contributed by atoms with Crippen molar-refractivity contribution in [2.75, 3.05) is 6.61 Å². The molecule has 2 aromatic heterocycles. The Bertz CT molecular complexity index is 1180. The molecule has 2 aromatic rings. The predicted octanol–water partition coefficient (Wildman–Crippen LogP) is 4.07. The molecule has 9 heteroatoms. The fraction of sp³-hybridized carbons (Fsp3) is 0.500. The molecule has 0 saturated heterocycles. The first-order valence-electron chi connectivity index (χ1n) is 11.4. The van der Waals surface area contributed by atoms with Crippen LogP contribution in [0.5, 0.6) is 0 Å². The molecule has 33 heavy (non-hydrogen) atoms. The van der Waals surface area contributed by atoms with Crippen LogP contribution in [-0.4, -0.2) is 37.4 Å². The van der Waals surface area contributed by atoms with Crippen LogP contribution in [0.25, 0.3) is 0 Å². The second-order valence-electron chi connectivity index (χ2n) is 8.81. The van der Waals surface area contributed by atoms with Crippen LogP contribution in [0.3, 0.4) is 0 Å². The minimum atomic E-state index is -3.80. The van der Waals surface area contributed by atoms with E-state index in [1.165, 1.54) is 30.5 Å². The molecule has 0 aromatic carbocycles. The number of Topliss-reactive ketones (excluding diaryl/α,β-unsaturated/α-hetero) is 1. The molecule has 2 heterocycles. The van der Waals surface area contributed by atoms with Crippen LogP contribution in [0.4, 0.5) is 0 Å². The largest absolute Gasteiger partial charge is 0.451 e. The van der Waals surface area contributed by atoms with E-state index in [-0.39, 0.29) is 22.7 Å². The highest BCUT2D eigenvalue weighted by Crippen LogP contribution is 2.24. The van der Waals surface area contributed by atoms with Gasteiger partial charge in [0, 0.05) is 29.5 Å². The maximum absolute atomic E-state index is 12.7. The van der Waals surface area contributed by atoms with Crippen LogP contribution in [-0.2, 0) is 21.3 Å². The van der Waals surface area contributed by atoms with Gasteiger partial charge in [-0.25, -0.2) is 17.9 Å². The third-order valence-corrected chi connectivity index (χ3v) is 7.59. The van der Waals surface area contributed by atoms with Gasteiger partial charge in [-0.3, -0.25) is 4.79 Å². The first-order valence-corrected chi connectivity index (χ1v) is 12.9. The summed E-state index contributed by atoms with van der Waals surface area (Å²) in [5, 5.41) is -0.343. The molecule has 0 amide bonds. The highest BCUT2D eigenvalue weighted by atomic mass is 32.2. The van der Waals surface area contributed by atoms with Crippen molar-refractivity contribution in [1.29, 1.82) is 0 Å². The van der Waals surface area contributed by atoms with Gasteiger partial charge < -0.3 is 13.7 Å². The maximum Gasteiger partial charge on any atom is 0.374 e. The van der Waals surface area contributed by atoms with Gasteiger partial charge in [-0.2, -0.15) is 0 Å². The van der Waals surface area contributed by atoms with Crippen molar-refractivity contribution >= 4 is 21.8 Å². The van der Waals surface area contributed by atoms with Crippen LogP contribution in [0, 0.1) is 13.8 Å². The number of ether oxygens (including phenoxy) is 1. The van der Waals surface area contributed by atoms with Gasteiger partial charge in [0.2, 0.25) is 16.6 Å². The van der Waals surface area contributed by atoms with E-state index in [1.807, 2.05) is 19.9 Å². The zero-order chi connectivity index (χ0) is 23.6. The number of aryl methyl sites for hydroxylation is 1. The van der Waals surface area contributed by atoms with Crippen molar-refractivity contribution in [1.82, 2.24) is 9.29 Å². The Hall–Kier alpha value is -2.65. The molecule has 0 radical (unpaired) electrons. The summed E-state index contributed by atoms with van der Waals surface area (Å²) in [7, 11) is -3.80. The molecule has 0 atom stereocenters. The van der Waals surface area contributed by atoms with Crippen LogP contribution in [0.1, 0.15) is 77.2 Å². The molecular formula is C24H30N2O6S. The Balaban J connectivity index is 1.35. The van der Waals surface area contributed by atoms with Gasteiger partial charge >= 0.3 is 5.97 Å². The van der Waals surface area contributed by atoms with E-state index in [9.17, 15) is 18.0 Å². The van der Waals surface area contributed by atoms with E-state index in [0.717, 1.165) is 50.0 Å². The predicted molar refractivity (Wildman–Crippen MR) is 122 cm³/mol. The lowest BCUT2D eigenvalue weighted by Crippen LogP contribution is -2.25. The molecule has 0 aliphatic heterocycles. The number of carbonyl (C=O) groups is 2. The molecule has 1 saturated carbocycles. The topological polar surface area (TPSA) is 108 Å². The molecule has 0 spiro atoms. The first-order chi connectivity index (χ1) is 15.7. The van der Waals surface area contributed by atoms with E-state index >= 15 is 0 Å². The summed E-state index contributed by atoms with van der Waals surface area (Å²) in [5.74, 6) is -1.45. The van der Waals surface area contributed by atoms with E-state index in [2.05, 4.69) is 15.4 Å². The number of nitrogens with zero attached hydrogens (tertiary/aromatic N) is 1. The highest BCUT2D eigenvalue weighted by Gasteiger charge is 2.30. The number of furan rings is 1. The fourth-order valence-electron chi connectivity index (χ4n) is 4.15. The van der Waals surface area contributed by atoms with Crippen molar-refractivity contribution < 1.29 is 27.2 Å². The molecular weight excluding hydrogens is 444 g/mol. The van der Waals surface area contributed by atoms with Crippen molar-refractivity contribution in [3.8, 4) is 0 Å². The number of hydrogen-bond acceptors (Lipinski definition) is 6. The van der Waals surface area contributed by atoms with Crippen molar-refractivity contribution in [3.05, 3.63) is 52.6 Å². The van der Waals surface area contributed by atoms with Crippen LogP contribution in [0.15, 0.2) is 39.4 Å². The molecule has 2 aliphatic carbocycles. The average Bonchev–Trinajstić information content (AvgIpc) is 3.34. The molecule has 178 valence electrons. The Morgan fingerprint density at radius 1 is 1.21 bits per heavy atom. The quantitative estimate of drug-likeness (QED) is 0.316. The minimum Gasteiger partial charge on any atom is -0.451 e. The third kappa shape index (κ3) is 5.65. The number of allylic oxidation sites excluding steroid dienone is 2. The maximum atomic E-state index is 12.7. The zero-order valence-electron chi connectivity index (χ0n) is 19.1. The lowest BCUT2D eigenvalue weighted by Gasteiger charge is -2.15. The number of nitrogens with one attached hydrogen (secondary N) is 1. The van der Waals surface area contributed by atoms with Gasteiger partial charge in [-0.15, -0.1) is 0 Å². The van der Waals surface area contributed by atoms with Crippen LogP contribution < -0.4 is 4.72 Å². The molecule has 1 N–H and O–H groups in total. The zero-order valence-corrected chi connectivity index (χ0v) is 19.9. The summed E-state index contributed by atoms with van der Waals surface area (Å²) >= 11 is 0. The number of hydrogen-bond donors (Lipinski definition) is 1. The van der Waals surface area contributed by atoms with Crippen molar-refractivity contribution in [3.63, 3.8) is 0 Å². The van der Waals surface area contributed by atoms with Crippen LogP contribution in [0.2, 0.25) is 0 Å². The summed E-state index contributed by atoms with van der Waals surface area (Å²) in [4.78, 5) is 25.0. The van der Waals surface area contributed by atoms with E-state index in [0.29, 0.717) is 5.56 Å². The molecule has 8 nitrogen and oxygen atoms in total. The van der Waals surface area contributed by atoms with Gasteiger partial charge in [-0.05, 0) is 77.0 Å². The average molecular weight is 475 g/mol. The molecule has 1 fully saturated rings. The molecule has 4 rings (SSSR count). The van der Waals surface area contributed by atoms with E-state index < -0.39 is 22.6 Å². The van der Waals surface area contributed by atoms with Crippen LogP contribution >= 0.6 is 0 Å². The van der Waals surface area contributed by atoms with Gasteiger partial charge in [-0.1, -0.05) is 11.6 Å². The number of sulfonamides is 1. The fourth-order valence-corrected chi connectivity index (χ4v) is 5.38. The molecule has 0 unspecified atom stereocenters. The summed E-state index contributed by atoms with van der Waals surface area (Å²) in [5.41, 5.74) is 3.84. The number of rotatable bonds is 10. The molecule has 0 bridgehead atoms. The Kier molecular flexibility index (Phi) is 6.90. The third-order valence-electron chi connectivity index (χ3n) is 6.20. The number of ketones is 1. The minimum absolute atomic E-state index is 0.0773. The Morgan fingerprint density at radius 3 is 2.70 bits per heavy atom. The smallest absolute Gasteiger partial charge is 0.374 e. The standard InChI is InChI=1S/C24H30N2O6S/c1-16-14-20(17(2)26(16)13-12-18-6-4-3-5-7-18)21(27)15-31-24(28)22-10-11-23(32-22)33(29,30)25-19-8-9-19/h6,10-11,14,19,25H,3-5,7-9,12-13,15H2,1-2H3. The molecule has 2 aliphatic rings. The van der Waals surface area contributed by atoms with Gasteiger partial charge in [0.05, 0.1) is 0 Å².